The highest BCUT2D eigenvalue weighted by Gasteiger charge is 2.16. The Labute approximate surface area is 189 Å². The number of para-hydroxylation sites is 1. The lowest BCUT2D eigenvalue weighted by atomic mass is 10.0. The van der Waals surface area contributed by atoms with Gasteiger partial charge in [-0.3, -0.25) is 9.59 Å². The maximum atomic E-state index is 13.7. The van der Waals surface area contributed by atoms with Crippen molar-refractivity contribution in [2.24, 2.45) is 0 Å². The van der Waals surface area contributed by atoms with Crippen LogP contribution in [0.15, 0.2) is 87.0 Å². The number of hydrogen-bond donors (Lipinski definition) is 0. The predicted octanol–water partition coefficient (Wildman–Crippen LogP) is 5.92. The zero-order chi connectivity index (χ0) is 22.7. The fraction of sp³-hybridized carbons (Fsp3) is 0.143. The van der Waals surface area contributed by atoms with Gasteiger partial charge in [0, 0.05) is 40.2 Å². The lowest BCUT2D eigenvalue weighted by Gasteiger charge is -2.17. The summed E-state index contributed by atoms with van der Waals surface area (Å²) in [6.45, 7) is 5.48. The Hall–Kier alpha value is -4.12. The zero-order valence-corrected chi connectivity index (χ0v) is 18.5. The van der Waals surface area contributed by atoms with Crippen molar-refractivity contribution < 1.29 is 4.42 Å². The first-order valence-corrected chi connectivity index (χ1v) is 11.2. The number of benzene rings is 3. The largest absolute Gasteiger partial charge is 0.464 e. The molecule has 6 aromatic rings. The Bertz CT molecular complexity index is 1820. The van der Waals surface area contributed by atoms with Crippen LogP contribution in [0.25, 0.3) is 54.9 Å². The lowest BCUT2D eigenvalue weighted by molar-refractivity contribution is 0.582. The molecule has 0 fully saturated rings. The fourth-order valence-electron chi connectivity index (χ4n) is 5.07. The normalized spacial score (nSPS) is 11.8. The van der Waals surface area contributed by atoms with E-state index in [1.165, 1.54) is 0 Å². The minimum atomic E-state index is -0.0386. The molecule has 0 unspecified atom stereocenters. The van der Waals surface area contributed by atoms with Crippen molar-refractivity contribution in [1.82, 2.24) is 9.13 Å². The molecule has 162 valence electrons. The molecule has 3 aromatic heterocycles. The lowest BCUT2D eigenvalue weighted by Crippen LogP contribution is -2.15. The third-order valence-electron chi connectivity index (χ3n) is 6.59. The summed E-state index contributed by atoms with van der Waals surface area (Å²) in [5.74, 6) is 0.726. The van der Waals surface area contributed by atoms with E-state index >= 15 is 0 Å². The number of pyridine rings is 2. The summed E-state index contributed by atoms with van der Waals surface area (Å²) in [5, 5.41) is 2.59. The van der Waals surface area contributed by atoms with Gasteiger partial charge < -0.3 is 13.6 Å². The van der Waals surface area contributed by atoms with E-state index in [0.717, 1.165) is 33.4 Å². The van der Waals surface area contributed by atoms with Crippen LogP contribution in [0.4, 0.5) is 0 Å². The highest BCUT2D eigenvalue weighted by molar-refractivity contribution is 6.04. The molecule has 0 saturated carbocycles. The quantitative estimate of drug-likeness (QED) is 0.325. The Morgan fingerprint density at radius 2 is 1.24 bits per heavy atom. The molecule has 0 aliphatic heterocycles. The first-order valence-electron chi connectivity index (χ1n) is 11.2. The third-order valence-corrected chi connectivity index (χ3v) is 6.59. The first kappa shape index (κ1) is 19.6. The summed E-state index contributed by atoms with van der Waals surface area (Å²) in [6, 6.07) is 21.0. The van der Waals surface area contributed by atoms with Crippen LogP contribution in [0.3, 0.4) is 0 Å². The Kier molecular flexibility index (Phi) is 4.27. The second kappa shape index (κ2) is 7.20. The number of fused-ring (bicyclic) bond motifs is 4. The van der Waals surface area contributed by atoms with E-state index in [4.69, 9.17) is 4.42 Å². The van der Waals surface area contributed by atoms with Gasteiger partial charge in [0.2, 0.25) is 0 Å². The number of hydrogen-bond acceptors (Lipinski definition) is 3. The highest BCUT2D eigenvalue weighted by atomic mass is 16.3. The Morgan fingerprint density at radius 3 is 1.88 bits per heavy atom. The number of furan rings is 1. The van der Waals surface area contributed by atoms with E-state index in [2.05, 4.69) is 23.0 Å². The molecular weight excluding hydrogens is 412 g/mol. The number of aryl methyl sites for hydroxylation is 2. The van der Waals surface area contributed by atoms with Crippen LogP contribution in [-0.2, 0) is 13.1 Å². The zero-order valence-electron chi connectivity index (χ0n) is 18.5. The van der Waals surface area contributed by atoms with E-state index in [-0.39, 0.29) is 10.9 Å². The van der Waals surface area contributed by atoms with Gasteiger partial charge in [0.25, 0.3) is 0 Å². The molecule has 5 heteroatoms. The van der Waals surface area contributed by atoms with Gasteiger partial charge in [-0.25, -0.2) is 0 Å². The topological polar surface area (TPSA) is 57.1 Å². The summed E-state index contributed by atoms with van der Waals surface area (Å²) in [6.07, 6.45) is 1.63. The molecule has 0 aliphatic rings. The van der Waals surface area contributed by atoms with Crippen molar-refractivity contribution in [2.45, 2.75) is 26.9 Å². The number of rotatable bonds is 3. The van der Waals surface area contributed by atoms with Crippen molar-refractivity contribution >= 4 is 43.6 Å². The fourth-order valence-corrected chi connectivity index (χ4v) is 5.07. The van der Waals surface area contributed by atoms with Gasteiger partial charge in [-0.15, -0.1) is 0 Å². The van der Waals surface area contributed by atoms with Gasteiger partial charge in [0.15, 0.2) is 10.9 Å². The van der Waals surface area contributed by atoms with Crippen LogP contribution < -0.4 is 10.9 Å². The van der Waals surface area contributed by atoms with Gasteiger partial charge in [0.05, 0.1) is 28.3 Å². The van der Waals surface area contributed by atoms with Crippen molar-refractivity contribution in [1.29, 1.82) is 0 Å². The van der Waals surface area contributed by atoms with Crippen LogP contribution >= 0.6 is 0 Å². The second-order valence-corrected chi connectivity index (χ2v) is 8.26. The van der Waals surface area contributed by atoms with Crippen LogP contribution in [0.1, 0.15) is 13.8 Å². The summed E-state index contributed by atoms with van der Waals surface area (Å²) in [5.41, 5.74) is 4.12. The maximum Gasteiger partial charge on any atom is 0.197 e. The molecule has 0 N–H and O–H groups in total. The van der Waals surface area contributed by atoms with Crippen LogP contribution in [0.2, 0.25) is 0 Å². The molecule has 0 bridgehead atoms. The standard InChI is InChI=1S/C28H22N2O3/c1-3-29-22-9-6-5-8-18(22)27(31)20-15-25-21(16-24(20)29)28(32)19-14-17(26-10-7-13-33-26)11-12-23(19)30(25)4-2/h5-16H,3-4H2,1-2H3. The molecule has 0 atom stereocenters. The third kappa shape index (κ3) is 2.72. The average molecular weight is 434 g/mol. The summed E-state index contributed by atoms with van der Waals surface area (Å²) in [4.78, 5) is 27.2. The van der Waals surface area contributed by atoms with E-state index in [1.54, 1.807) is 6.26 Å². The summed E-state index contributed by atoms with van der Waals surface area (Å²) < 4.78 is 9.78. The van der Waals surface area contributed by atoms with Gasteiger partial charge in [-0.05, 0) is 68.4 Å². The summed E-state index contributed by atoms with van der Waals surface area (Å²) >= 11 is 0. The van der Waals surface area contributed by atoms with E-state index in [9.17, 15) is 9.59 Å². The molecule has 33 heavy (non-hydrogen) atoms. The molecule has 3 aromatic carbocycles. The smallest absolute Gasteiger partial charge is 0.197 e. The second-order valence-electron chi connectivity index (χ2n) is 8.26. The molecule has 0 spiro atoms. The molecule has 0 radical (unpaired) electrons. The average Bonchev–Trinajstić information content (AvgIpc) is 3.39. The van der Waals surface area contributed by atoms with Gasteiger partial charge >= 0.3 is 0 Å². The molecule has 0 amide bonds. The maximum absolute atomic E-state index is 13.7. The molecule has 3 heterocycles. The van der Waals surface area contributed by atoms with Crippen molar-refractivity contribution in [3.63, 3.8) is 0 Å². The van der Waals surface area contributed by atoms with E-state index in [1.807, 2.05) is 66.7 Å². The first-order chi connectivity index (χ1) is 16.1. The molecule has 6 rings (SSSR count). The monoisotopic (exact) mass is 434 g/mol. The Balaban J connectivity index is 1.81. The molecule has 0 aliphatic carbocycles. The van der Waals surface area contributed by atoms with Crippen LogP contribution in [0.5, 0.6) is 0 Å². The highest BCUT2D eigenvalue weighted by Crippen LogP contribution is 2.29. The van der Waals surface area contributed by atoms with Crippen molar-refractivity contribution in [3.05, 3.63) is 93.4 Å². The number of aromatic nitrogens is 2. The Morgan fingerprint density at radius 1 is 0.636 bits per heavy atom. The number of nitrogens with zero attached hydrogens (tertiary/aromatic N) is 2. The van der Waals surface area contributed by atoms with Crippen molar-refractivity contribution in [3.8, 4) is 11.3 Å². The van der Waals surface area contributed by atoms with Crippen LogP contribution in [0, 0.1) is 0 Å². The van der Waals surface area contributed by atoms with E-state index < -0.39 is 0 Å². The van der Waals surface area contributed by atoms with Gasteiger partial charge in [0.1, 0.15) is 5.76 Å². The predicted molar refractivity (Wildman–Crippen MR) is 134 cm³/mol. The van der Waals surface area contributed by atoms with Crippen molar-refractivity contribution in [2.75, 3.05) is 0 Å². The molecular formula is C28H22N2O3. The van der Waals surface area contributed by atoms with Gasteiger partial charge in [-0.1, -0.05) is 12.1 Å². The van der Waals surface area contributed by atoms with Gasteiger partial charge in [-0.2, -0.15) is 0 Å². The van der Waals surface area contributed by atoms with E-state index in [0.29, 0.717) is 34.6 Å². The molecule has 5 nitrogen and oxygen atoms in total. The SMILES string of the molecule is CCn1c2ccccc2c(=O)c2cc3c(cc21)c(=O)c1cc(-c2ccco2)ccc1n3CC. The minimum absolute atomic E-state index is 0.00411. The van der Waals surface area contributed by atoms with Crippen LogP contribution in [-0.4, -0.2) is 9.13 Å². The molecule has 0 saturated heterocycles. The minimum Gasteiger partial charge on any atom is -0.464 e. The summed E-state index contributed by atoms with van der Waals surface area (Å²) in [7, 11) is 0.